The molecule has 0 aromatic heterocycles. The van der Waals surface area contributed by atoms with Gasteiger partial charge in [-0.25, -0.2) is 0 Å². The van der Waals surface area contributed by atoms with Crippen LogP contribution in [0.4, 0.5) is 8.78 Å². The molecule has 0 fully saturated rings. The van der Waals surface area contributed by atoms with Crippen LogP contribution in [0, 0.1) is 0 Å². The first-order chi connectivity index (χ1) is 15.5. The van der Waals surface area contributed by atoms with Crippen molar-refractivity contribution in [3.05, 3.63) is 95.6 Å². The molecule has 1 atom stereocenters. The van der Waals surface area contributed by atoms with E-state index in [1.165, 1.54) is 13.2 Å². The molecule has 0 saturated heterocycles. The predicted molar refractivity (Wildman–Crippen MR) is 118 cm³/mol. The van der Waals surface area contributed by atoms with Crippen LogP contribution in [0.5, 0.6) is 11.5 Å². The Hall–Kier alpha value is -3.45. The molecule has 0 aliphatic carbocycles. The third-order valence-electron chi connectivity index (χ3n) is 4.98. The van der Waals surface area contributed by atoms with E-state index in [9.17, 15) is 13.6 Å². The van der Waals surface area contributed by atoms with Crippen molar-refractivity contribution in [1.82, 2.24) is 5.32 Å². The van der Waals surface area contributed by atoms with Gasteiger partial charge in [-0.15, -0.1) is 0 Å². The second-order valence-electron chi connectivity index (χ2n) is 7.50. The molecule has 0 radical (unpaired) electrons. The minimum Gasteiger partial charge on any atom is -0.493 e. The summed E-state index contributed by atoms with van der Waals surface area (Å²) in [6.07, 6.45) is 0. The molecule has 2 N–H and O–H groups in total. The van der Waals surface area contributed by atoms with E-state index >= 15 is 0 Å². The number of carbonyl (C=O) groups excluding carboxylic acids is 1. The van der Waals surface area contributed by atoms with Gasteiger partial charge in [0.1, 0.15) is 6.54 Å². The number of alkyl halides is 2. The number of carbonyl (C=O) groups is 1. The van der Waals surface area contributed by atoms with Crippen molar-refractivity contribution in [2.24, 2.45) is 0 Å². The number of benzene rings is 3. The summed E-state index contributed by atoms with van der Waals surface area (Å²) in [5, 5.41) is 3.13. The van der Waals surface area contributed by atoms with Gasteiger partial charge in [0.15, 0.2) is 18.0 Å². The lowest BCUT2D eigenvalue weighted by atomic mass is 9.99. The van der Waals surface area contributed by atoms with Crippen LogP contribution in [0.25, 0.3) is 0 Å². The number of nitrogens with one attached hydrogen (secondary N) is 2. The Balaban J connectivity index is 1.65. The fourth-order valence-electron chi connectivity index (χ4n) is 3.56. The first kappa shape index (κ1) is 23.2. The lowest BCUT2D eigenvalue weighted by molar-refractivity contribution is -0.885. The van der Waals surface area contributed by atoms with Gasteiger partial charge in [-0.3, -0.25) is 4.79 Å². The molecular formula is C25H27F2N2O3+. The molecule has 5 nitrogen and oxygen atoms in total. The van der Waals surface area contributed by atoms with Gasteiger partial charge in [0, 0.05) is 5.56 Å². The number of amides is 1. The Morgan fingerprint density at radius 1 is 0.938 bits per heavy atom. The third kappa shape index (κ3) is 6.52. The summed E-state index contributed by atoms with van der Waals surface area (Å²) >= 11 is 0. The van der Waals surface area contributed by atoms with E-state index in [2.05, 4.69) is 10.1 Å². The van der Waals surface area contributed by atoms with Crippen LogP contribution in [-0.2, 0) is 11.3 Å². The van der Waals surface area contributed by atoms with Gasteiger partial charge in [-0.05, 0) is 29.3 Å². The fourth-order valence-corrected chi connectivity index (χ4v) is 3.56. The lowest BCUT2D eigenvalue weighted by Gasteiger charge is -2.21. The van der Waals surface area contributed by atoms with Crippen molar-refractivity contribution in [2.75, 3.05) is 20.7 Å². The van der Waals surface area contributed by atoms with Crippen molar-refractivity contribution in [3.8, 4) is 11.5 Å². The van der Waals surface area contributed by atoms with E-state index in [0.29, 0.717) is 6.54 Å². The second-order valence-corrected chi connectivity index (χ2v) is 7.50. The van der Waals surface area contributed by atoms with E-state index in [4.69, 9.17) is 4.74 Å². The minimum absolute atomic E-state index is 0.0183. The zero-order valence-corrected chi connectivity index (χ0v) is 18.1. The van der Waals surface area contributed by atoms with E-state index in [0.717, 1.165) is 21.6 Å². The summed E-state index contributed by atoms with van der Waals surface area (Å²) in [6, 6.07) is 24.2. The number of halogens is 2. The number of hydrogen-bond donors (Lipinski definition) is 2. The average molecular weight is 441 g/mol. The SMILES string of the molecule is COc1cc(C[NH+](C)CC(=O)NC(c2ccccc2)c2ccccc2)ccc1OC(F)F. The number of methoxy groups -OCH3 is 1. The number of rotatable bonds is 10. The fraction of sp³-hybridized carbons (Fsp3) is 0.240. The molecule has 3 rings (SSSR count). The van der Waals surface area contributed by atoms with Crippen molar-refractivity contribution < 1.29 is 27.9 Å². The number of likely N-dealkylation sites (N-methyl/N-ethyl adjacent to an activating group) is 1. The zero-order valence-electron chi connectivity index (χ0n) is 18.1. The zero-order chi connectivity index (χ0) is 22.9. The van der Waals surface area contributed by atoms with Crippen molar-refractivity contribution in [2.45, 2.75) is 19.2 Å². The Bertz CT molecular complexity index is 961. The van der Waals surface area contributed by atoms with Crippen LogP contribution < -0.4 is 19.7 Å². The molecule has 32 heavy (non-hydrogen) atoms. The van der Waals surface area contributed by atoms with Crippen LogP contribution in [0.15, 0.2) is 78.9 Å². The van der Waals surface area contributed by atoms with Gasteiger partial charge in [0.05, 0.1) is 20.2 Å². The molecule has 0 aliphatic rings. The smallest absolute Gasteiger partial charge is 0.387 e. The summed E-state index contributed by atoms with van der Waals surface area (Å²) in [5.41, 5.74) is 2.85. The maximum absolute atomic E-state index is 12.8. The standard InChI is InChI=1S/C25H26F2N2O3/c1-29(16-18-13-14-21(32-25(26)27)22(15-18)31-2)17-23(30)28-24(19-9-5-3-6-10-19)20-11-7-4-8-12-20/h3-15,24-25H,16-17H2,1-2H3,(H,28,30)/p+1. The van der Waals surface area contributed by atoms with Crippen LogP contribution in [-0.4, -0.2) is 33.2 Å². The molecule has 1 unspecified atom stereocenters. The maximum atomic E-state index is 12.8. The summed E-state index contributed by atoms with van der Waals surface area (Å²) in [5.74, 6) is 0.119. The summed E-state index contributed by atoms with van der Waals surface area (Å²) < 4.78 is 34.6. The van der Waals surface area contributed by atoms with E-state index in [1.807, 2.05) is 67.7 Å². The number of hydrogen-bond acceptors (Lipinski definition) is 3. The molecule has 0 aliphatic heterocycles. The molecule has 168 valence electrons. The Kier molecular flexibility index (Phi) is 8.16. The van der Waals surface area contributed by atoms with Gasteiger partial charge < -0.3 is 19.7 Å². The van der Waals surface area contributed by atoms with Gasteiger partial charge in [0.2, 0.25) is 0 Å². The predicted octanol–water partition coefficient (Wildman–Crippen LogP) is 3.22. The van der Waals surface area contributed by atoms with Gasteiger partial charge >= 0.3 is 6.61 Å². The molecule has 3 aromatic rings. The lowest BCUT2D eigenvalue weighted by Crippen LogP contribution is -3.08. The molecule has 0 spiro atoms. The Labute approximate surface area is 186 Å². The molecular weight excluding hydrogens is 414 g/mol. The molecule has 1 amide bonds. The summed E-state index contributed by atoms with van der Waals surface area (Å²) in [6.45, 7) is -2.16. The topological polar surface area (TPSA) is 52.0 Å². The molecule has 3 aromatic carbocycles. The second kappa shape index (κ2) is 11.2. The Morgan fingerprint density at radius 3 is 2.06 bits per heavy atom. The highest BCUT2D eigenvalue weighted by Crippen LogP contribution is 2.29. The van der Waals surface area contributed by atoms with Gasteiger partial charge in [-0.1, -0.05) is 60.7 Å². The van der Waals surface area contributed by atoms with E-state index in [-0.39, 0.29) is 30.0 Å². The van der Waals surface area contributed by atoms with Gasteiger partial charge in [-0.2, -0.15) is 8.78 Å². The maximum Gasteiger partial charge on any atom is 0.387 e. The Morgan fingerprint density at radius 2 is 1.53 bits per heavy atom. The summed E-state index contributed by atoms with van der Waals surface area (Å²) in [4.78, 5) is 13.8. The van der Waals surface area contributed by atoms with Crippen LogP contribution >= 0.6 is 0 Å². The van der Waals surface area contributed by atoms with Crippen LogP contribution in [0.2, 0.25) is 0 Å². The third-order valence-corrected chi connectivity index (χ3v) is 4.98. The highest BCUT2D eigenvalue weighted by Gasteiger charge is 2.19. The molecule has 0 bridgehead atoms. The molecule has 0 heterocycles. The normalized spacial score (nSPS) is 11.9. The van der Waals surface area contributed by atoms with Gasteiger partial charge in [0.25, 0.3) is 5.91 Å². The van der Waals surface area contributed by atoms with Crippen molar-refractivity contribution in [3.63, 3.8) is 0 Å². The number of quaternary nitrogens is 1. The number of ether oxygens (including phenoxy) is 2. The van der Waals surface area contributed by atoms with E-state index < -0.39 is 6.61 Å². The monoisotopic (exact) mass is 441 g/mol. The van der Waals surface area contributed by atoms with E-state index in [1.54, 1.807) is 12.1 Å². The first-order valence-corrected chi connectivity index (χ1v) is 10.3. The largest absolute Gasteiger partial charge is 0.493 e. The van der Waals surface area contributed by atoms with Crippen LogP contribution in [0.3, 0.4) is 0 Å². The van der Waals surface area contributed by atoms with Crippen molar-refractivity contribution in [1.29, 1.82) is 0 Å². The molecule has 7 heteroatoms. The minimum atomic E-state index is -2.92. The van der Waals surface area contributed by atoms with Crippen LogP contribution in [0.1, 0.15) is 22.7 Å². The quantitative estimate of drug-likeness (QED) is 0.508. The van der Waals surface area contributed by atoms with Crippen molar-refractivity contribution >= 4 is 5.91 Å². The molecule has 0 saturated carbocycles. The highest BCUT2D eigenvalue weighted by molar-refractivity contribution is 5.77. The summed E-state index contributed by atoms with van der Waals surface area (Å²) in [7, 11) is 3.30. The first-order valence-electron chi connectivity index (χ1n) is 10.3. The highest BCUT2D eigenvalue weighted by atomic mass is 19.3. The average Bonchev–Trinajstić information content (AvgIpc) is 2.79.